The molecule has 322 valence electrons. The van der Waals surface area contributed by atoms with Crippen LogP contribution in [0.4, 0.5) is 0 Å². The molecule has 0 saturated heterocycles. The molecule has 0 amide bonds. The number of benzene rings is 4. The summed E-state index contributed by atoms with van der Waals surface area (Å²) in [6.07, 6.45) is 21.7. The minimum Gasteiger partial charge on any atom is -0.335 e. The SMILES string of the molecule is CCCCc1ccc(C2=NC3=NC2=CC=C2N=C(N=C2c2ccc(CCCC)cc2)c2nc(c(-c4ccc(CCCC)cc4)[nH]2)C=Cc2[nH]c3nc2-c2ccc(CCCC)cc2)cc1. The molecular formula is C56H58N8. The largest absolute Gasteiger partial charge is 0.335 e. The third kappa shape index (κ3) is 9.42. The molecule has 64 heavy (non-hydrogen) atoms. The zero-order valence-corrected chi connectivity index (χ0v) is 37.7. The molecule has 0 saturated carbocycles. The number of unbranched alkanes of at least 4 members (excludes halogenated alkanes) is 4. The van der Waals surface area contributed by atoms with Gasteiger partial charge in [0, 0.05) is 22.3 Å². The highest BCUT2D eigenvalue weighted by atomic mass is 15.1. The first kappa shape index (κ1) is 42.5. The van der Waals surface area contributed by atoms with Gasteiger partial charge in [-0.3, -0.25) is 0 Å². The number of rotatable bonds is 16. The number of fused-ring (bicyclic) bond motifs is 8. The number of amidine groups is 2. The molecule has 0 unspecified atom stereocenters. The lowest BCUT2D eigenvalue weighted by Crippen LogP contribution is -2.03. The number of aromatic amines is 2. The number of aryl methyl sites for hydroxylation is 4. The molecule has 4 aromatic carbocycles. The Morgan fingerprint density at radius 3 is 1.25 bits per heavy atom. The number of aliphatic imine (C=N–C) groups is 4. The Morgan fingerprint density at radius 1 is 0.406 bits per heavy atom. The molecule has 2 N–H and O–H groups in total. The van der Waals surface area contributed by atoms with Crippen LogP contribution in [0.15, 0.2) is 141 Å². The summed E-state index contributed by atoms with van der Waals surface area (Å²) in [6.45, 7) is 8.92. The second-order valence-corrected chi connectivity index (χ2v) is 17.1. The first-order valence-corrected chi connectivity index (χ1v) is 23.5. The lowest BCUT2D eigenvalue weighted by molar-refractivity contribution is 0.795. The Hall–Kier alpha value is -6.80. The number of H-pyrrole nitrogens is 2. The molecule has 8 heteroatoms. The summed E-state index contributed by atoms with van der Waals surface area (Å²) in [5, 5.41) is 0. The average Bonchev–Trinajstić information content (AvgIpc) is 4.16. The van der Waals surface area contributed by atoms with Crippen LogP contribution in [0.25, 0.3) is 34.7 Å². The first-order valence-electron chi connectivity index (χ1n) is 23.5. The normalized spacial score (nSPS) is 14.2. The molecule has 5 heterocycles. The van der Waals surface area contributed by atoms with Crippen LogP contribution in [-0.2, 0) is 25.7 Å². The molecule has 6 aromatic rings. The maximum atomic E-state index is 5.25. The van der Waals surface area contributed by atoms with Gasteiger partial charge in [0.15, 0.2) is 23.3 Å². The smallest absolute Gasteiger partial charge is 0.197 e. The minimum absolute atomic E-state index is 0.528. The van der Waals surface area contributed by atoms with E-state index >= 15 is 0 Å². The van der Waals surface area contributed by atoms with E-state index in [0.29, 0.717) is 23.3 Å². The predicted octanol–water partition coefficient (Wildman–Crippen LogP) is 13.3. The summed E-state index contributed by atoms with van der Waals surface area (Å²) in [4.78, 5) is 38.6. The Bertz CT molecular complexity index is 2620. The summed E-state index contributed by atoms with van der Waals surface area (Å²) in [5.41, 5.74) is 15.7. The van der Waals surface area contributed by atoms with E-state index in [1.807, 2.05) is 12.2 Å². The van der Waals surface area contributed by atoms with Crippen molar-refractivity contribution in [1.29, 1.82) is 0 Å². The van der Waals surface area contributed by atoms with Crippen LogP contribution in [0, 0.1) is 0 Å². The first-order chi connectivity index (χ1) is 31.5. The van der Waals surface area contributed by atoms with Gasteiger partial charge in [-0.1, -0.05) is 150 Å². The van der Waals surface area contributed by atoms with Gasteiger partial charge in [0.2, 0.25) is 0 Å². The van der Waals surface area contributed by atoms with Crippen molar-refractivity contribution >= 4 is 35.2 Å². The van der Waals surface area contributed by atoms with Gasteiger partial charge in [0.25, 0.3) is 0 Å². The van der Waals surface area contributed by atoms with Crippen molar-refractivity contribution in [2.45, 2.75) is 105 Å². The minimum atomic E-state index is 0.528. The van der Waals surface area contributed by atoms with Crippen molar-refractivity contribution in [3.05, 3.63) is 177 Å². The number of hydrogen-bond donors (Lipinski definition) is 2. The van der Waals surface area contributed by atoms with E-state index in [1.165, 1.54) is 22.3 Å². The quantitative estimate of drug-likeness (QED) is 0.101. The van der Waals surface area contributed by atoms with Crippen molar-refractivity contribution in [3.63, 3.8) is 0 Å². The maximum Gasteiger partial charge on any atom is 0.197 e. The van der Waals surface area contributed by atoms with Gasteiger partial charge < -0.3 is 9.97 Å². The van der Waals surface area contributed by atoms with E-state index in [0.717, 1.165) is 145 Å². The average molecular weight is 843 g/mol. The highest BCUT2D eigenvalue weighted by molar-refractivity contribution is 6.25. The summed E-state index contributed by atoms with van der Waals surface area (Å²) >= 11 is 0. The Kier molecular flexibility index (Phi) is 13.1. The zero-order valence-electron chi connectivity index (χ0n) is 37.7. The van der Waals surface area contributed by atoms with Gasteiger partial charge in [-0.15, -0.1) is 0 Å². The fourth-order valence-electron chi connectivity index (χ4n) is 8.42. The van der Waals surface area contributed by atoms with Gasteiger partial charge in [-0.25, -0.2) is 29.9 Å². The third-order valence-electron chi connectivity index (χ3n) is 12.3. The molecule has 0 fully saturated rings. The number of allylic oxidation sites excluding steroid dienone is 4. The summed E-state index contributed by atoms with van der Waals surface area (Å²) in [6, 6.07) is 35.1. The van der Waals surface area contributed by atoms with Crippen molar-refractivity contribution in [3.8, 4) is 22.5 Å². The molecule has 0 radical (unpaired) electrons. The molecule has 0 spiro atoms. The van der Waals surface area contributed by atoms with Gasteiger partial charge in [0.05, 0.1) is 45.6 Å². The van der Waals surface area contributed by atoms with Crippen LogP contribution < -0.4 is 0 Å². The van der Waals surface area contributed by atoms with Crippen molar-refractivity contribution in [1.82, 2.24) is 19.9 Å². The van der Waals surface area contributed by atoms with Crippen LogP contribution in [0.2, 0.25) is 0 Å². The second-order valence-electron chi connectivity index (χ2n) is 17.1. The summed E-state index contributed by atoms with van der Waals surface area (Å²) in [5.74, 6) is 2.26. The van der Waals surface area contributed by atoms with Crippen LogP contribution in [0.3, 0.4) is 0 Å². The highest BCUT2D eigenvalue weighted by Crippen LogP contribution is 2.31. The molecular weight excluding hydrogens is 785 g/mol. The monoisotopic (exact) mass is 842 g/mol. The van der Waals surface area contributed by atoms with Gasteiger partial charge >= 0.3 is 0 Å². The van der Waals surface area contributed by atoms with E-state index in [4.69, 9.17) is 29.9 Å². The van der Waals surface area contributed by atoms with E-state index in [2.05, 4.69) is 147 Å². The topological polar surface area (TPSA) is 107 Å². The molecule has 9 rings (SSSR count). The molecule has 8 nitrogen and oxygen atoms in total. The Labute approximate surface area is 378 Å². The predicted molar refractivity (Wildman–Crippen MR) is 267 cm³/mol. The van der Waals surface area contributed by atoms with Gasteiger partial charge in [0.1, 0.15) is 0 Å². The molecule has 0 aliphatic carbocycles. The summed E-state index contributed by atoms with van der Waals surface area (Å²) in [7, 11) is 0. The lowest BCUT2D eigenvalue weighted by atomic mass is 10.0. The van der Waals surface area contributed by atoms with Crippen LogP contribution >= 0.6 is 0 Å². The Balaban J connectivity index is 1.20. The van der Waals surface area contributed by atoms with E-state index in [-0.39, 0.29) is 0 Å². The fraction of sp³-hybridized carbons (Fsp3) is 0.286. The fourth-order valence-corrected chi connectivity index (χ4v) is 8.42. The van der Waals surface area contributed by atoms with E-state index in [9.17, 15) is 0 Å². The maximum absolute atomic E-state index is 5.25. The molecule has 2 aromatic heterocycles. The standard InChI is InChI=1S/C56H58N8/c1-5-9-13-37-17-25-41(26-18-37)49-45-33-34-46-50(42-27-19-38(20-28-42)14-10-6-2)63-55(59-46)56-60-48(52(64-56)44-31-23-40(24-32-44)16-12-8-4)36-35-47-51(62-54(58-47)53(57-45)61-49)43-29-21-39(22-30-43)15-11-7-3/h17-36H,5-16H2,1-4H3,(H,57,61)(H,59,63). The highest BCUT2D eigenvalue weighted by Gasteiger charge is 2.26. The number of aromatic nitrogens is 4. The van der Waals surface area contributed by atoms with E-state index in [1.54, 1.807) is 0 Å². The van der Waals surface area contributed by atoms with Gasteiger partial charge in [-0.2, -0.15) is 0 Å². The number of nitrogens with zero attached hydrogens (tertiary/aromatic N) is 6. The van der Waals surface area contributed by atoms with Crippen molar-refractivity contribution in [2.75, 3.05) is 0 Å². The number of nitrogens with one attached hydrogen (secondary N) is 2. The van der Waals surface area contributed by atoms with Crippen LogP contribution in [0.1, 0.15) is 135 Å². The number of hydrogen-bond acceptors (Lipinski definition) is 6. The third-order valence-corrected chi connectivity index (χ3v) is 12.3. The summed E-state index contributed by atoms with van der Waals surface area (Å²) < 4.78 is 0. The van der Waals surface area contributed by atoms with Crippen LogP contribution in [0.5, 0.6) is 0 Å². The lowest BCUT2D eigenvalue weighted by Gasteiger charge is -2.06. The van der Waals surface area contributed by atoms with Gasteiger partial charge in [-0.05, 0) is 97.9 Å². The van der Waals surface area contributed by atoms with Crippen molar-refractivity contribution in [2.24, 2.45) is 20.0 Å². The number of imidazole rings is 2. The molecule has 8 bridgehead atoms. The zero-order chi connectivity index (χ0) is 43.8. The second kappa shape index (κ2) is 19.7. The molecule has 3 aliphatic rings. The van der Waals surface area contributed by atoms with Crippen LogP contribution in [-0.4, -0.2) is 43.0 Å². The molecule has 3 aliphatic heterocycles. The Morgan fingerprint density at radius 2 is 0.812 bits per heavy atom. The van der Waals surface area contributed by atoms with E-state index < -0.39 is 0 Å². The van der Waals surface area contributed by atoms with Crippen molar-refractivity contribution < 1.29 is 0 Å². The molecule has 0 atom stereocenters.